The van der Waals surface area contributed by atoms with E-state index in [2.05, 4.69) is 55.1 Å². The zero-order valence-electron chi connectivity index (χ0n) is 19.1. The van der Waals surface area contributed by atoms with Crippen molar-refractivity contribution >= 4 is 47.2 Å². The van der Waals surface area contributed by atoms with Gasteiger partial charge in [-0.25, -0.2) is 0 Å². The van der Waals surface area contributed by atoms with Crippen LogP contribution in [0.1, 0.15) is 26.1 Å². The van der Waals surface area contributed by atoms with Crippen molar-refractivity contribution in [2.75, 3.05) is 57.3 Å². The van der Waals surface area contributed by atoms with Crippen molar-refractivity contribution in [2.24, 2.45) is 4.99 Å². The van der Waals surface area contributed by atoms with Crippen LogP contribution < -0.4 is 15.5 Å². The number of piperazine rings is 1. The largest absolute Gasteiger partial charge is 0.369 e. The minimum atomic E-state index is 0. The lowest BCUT2D eigenvalue weighted by atomic mass is 10.2. The third-order valence-corrected chi connectivity index (χ3v) is 5.68. The molecule has 1 aliphatic rings. The highest BCUT2D eigenvalue weighted by Crippen LogP contribution is 2.20. The first-order valence-electron chi connectivity index (χ1n) is 11.3. The maximum absolute atomic E-state index is 6.13. The fourth-order valence-corrected chi connectivity index (χ4v) is 3.95. The van der Waals surface area contributed by atoms with Crippen LogP contribution >= 0.6 is 35.6 Å². The number of aromatic nitrogens is 3. The average Bonchev–Trinajstić information content (AvgIpc) is 3.24. The third-order valence-electron chi connectivity index (χ3n) is 5.45. The van der Waals surface area contributed by atoms with Gasteiger partial charge in [-0.15, -0.1) is 34.2 Å². The maximum Gasteiger partial charge on any atom is 0.191 e. The van der Waals surface area contributed by atoms with Gasteiger partial charge in [0.15, 0.2) is 5.96 Å². The molecule has 1 aliphatic heterocycles. The molecule has 1 aromatic carbocycles. The number of hydrogen-bond donors (Lipinski definition) is 2. The number of aliphatic imine (C=N–C) groups is 1. The molecule has 0 saturated carbocycles. The Hall–Kier alpha value is -1.59. The number of anilines is 1. The van der Waals surface area contributed by atoms with E-state index in [4.69, 9.17) is 16.6 Å². The predicted molar refractivity (Wildman–Crippen MR) is 144 cm³/mol. The van der Waals surface area contributed by atoms with Crippen molar-refractivity contribution in [2.45, 2.75) is 33.2 Å². The predicted octanol–water partition coefficient (Wildman–Crippen LogP) is 2.88. The molecule has 10 heteroatoms. The van der Waals surface area contributed by atoms with Crippen molar-refractivity contribution in [3.05, 3.63) is 41.4 Å². The summed E-state index contributed by atoms with van der Waals surface area (Å²) >= 11 is 6.13. The highest BCUT2D eigenvalue weighted by atomic mass is 127. The van der Waals surface area contributed by atoms with Crippen molar-refractivity contribution in [3.63, 3.8) is 0 Å². The van der Waals surface area contributed by atoms with E-state index in [0.29, 0.717) is 0 Å². The van der Waals surface area contributed by atoms with E-state index in [0.717, 1.165) is 88.6 Å². The molecule has 1 saturated heterocycles. The average molecular weight is 575 g/mol. The lowest BCUT2D eigenvalue weighted by Crippen LogP contribution is -2.46. The molecule has 0 amide bonds. The van der Waals surface area contributed by atoms with Gasteiger partial charge in [0.25, 0.3) is 0 Å². The SMILES string of the molecule is CCNC(=NCCCN1CCN(c2cccc(Cl)c2)CC1)NCCn1cnnc1CC.I. The molecule has 0 spiro atoms. The van der Waals surface area contributed by atoms with Crippen LogP contribution in [0.25, 0.3) is 0 Å². The molecule has 1 aromatic heterocycles. The zero-order chi connectivity index (χ0) is 21.9. The Kier molecular flexibility index (Phi) is 12.1. The second-order valence-electron chi connectivity index (χ2n) is 7.64. The Labute approximate surface area is 213 Å². The molecule has 0 atom stereocenters. The number of aryl methyl sites for hydroxylation is 1. The number of benzene rings is 1. The van der Waals surface area contributed by atoms with Gasteiger partial charge in [-0.1, -0.05) is 24.6 Å². The van der Waals surface area contributed by atoms with Crippen LogP contribution in [0.5, 0.6) is 0 Å². The molecule has 0 radical (unpaired) electrons. The van der Waals surface area contributed by atoms with E-state index in [1.54, 1.807) is 6.33 Å². The molecule has 8 nitrogen and oxygen atoms in total. The number of nitrogens with zero attached hydrogens (tertiary/aromatic N) is 6. The number of hydrogen-bond acceptors (Lipinski definition) is 5. The smallest absolute Gasteiger partial charge is 0.191 e. The number of rotatable bonds is 10. The van der Waals surface area contributed by atoms with Crippen LogP contribution in [0.4, 0.5) is 5.69 Å². The van der Waals surface area contributed by atoms with E-state index < -0.39 is 0 Å². The summed E-state index contributed by atoms with van der Waals surface area (Å²) in [7, 11) is 0. The van der Waals surface area contributed by atoms with Crippen LogP contribution in [-0.2, 0) is 13.0 Å². The fraction of sp³-hybridized carbons (Fsp3) is 0.591. The summed E-state index contributed by atoms with van der Waals surface area (Å²) in [5, 5.41) is 15.6. The summed E-state index contributed by atoms with van der Waals surface area (Å²) in [5.41, 5.74) is 1.22. The van der Waals surface area contributed by atoms with Crippen LogP contribution in [0.2, 0.25) is 5.02 Å². The van der Waals surface area contributed by atoms with Gasteiger partial charge in [0.05, 0.1) is 0 Å². The normalized spacial score (nSPS) is 14.8. The third kappa shape index (κ3) is 8.40. The molecule has 0 bridgehead atoms. The van der Waals surface area contributed by atoms with Crippen molar-refractivity contribution in [1.29, 1.82) is 0 Å². The van der Waals surface area contributed by atoms with E-state index in [1.807, 2.05) is 18.2 Å². The monoisotopic (exact) mass is 574 g/mol. The Morgan fingerprint density at radius 3 is 2.66 bits per heavy atom. The quantitative estimate of drug-likeness (QED) is 0.197. The van der Waals surface area contributed by atoms with Crippen molar-refractivity contribution in [3.8, 4) is 0 Å². The lowest BCUT2D eigenvalue weighted by Gasteiger charge is -2.36. The second-order valence-corrected chi connectivity index (χ2v) is 8.08. The minimum Gasteiger partial charge on any atom is -0.369 e. The zero-order valence-corrected chi connectivity index (χ0v) is 22.2. The van der Waals surface area contributed by atoms with E-state index in [1.165, 1.54) is 5.69 Å². The summed E-state index contributed by atoms with van der Waals surface area (Å²) in [4.78, 5) is 9.67. The molecule has 2 aromatic rings. The molecule has 2 N–H and O–H groups in total. The first kappa shape index (κ1) is 26.7. The van der Waals surface area contributed by atoms with Gasteiger partial charge in [0.2, 0.25) is 0 Å². The molecular weight excluding hydrogens is 539 g/mol. The van der Waals surface area contributed by atoms with Gasteiger partial charge in [-0.2, -0.15) is 0 Å². The summed E-state index contributed by atoms with van der Waals surface area (Å²) in [6.07, 6.45) is 3.73. The first-order chi connectivity index (χ1) is 15.2. The lowest BCUT2D eigenvalue weighted by molar-refractivity contribution is 0.256. The molecular formula is C22H36ClIN8. The highest BCUT2D eigenvalue weighted by Gasteiger charge is 2.16. The van der Waals surface area contributed by atoms with Gasteiger partial charge in [0.1, 0.15) is 12.2 Å². The van der Waals surface area contributed by atoms with Gasteiger partial charge in [-0.05, 0) is 31.5 Å². The van der Waals surface area contributed by atoms with Crippen LogP contribution in [0, 0.1) is 0 Å². The first-order valence-corrected chi connectivity index (χ1v) is 11.7. The van der Waals surface area contributed by atoms with Gasteiger partial charge in [0, 0.05) is 76.0 Å². The van der Waals surface area contributed by atoms with Gasteiger partial charge >= 0.3 is 0 Å². The summed E-state index contributed by atoms with van der Waals surface area (Å²) in [6, 6.07) is 8.13. The molecule has 0 unspecified atom stereocenters. The molecule has 1 fully saturated rings. The Morgan fingerprint density at radius 2 is 1.94 bits per heavy atom. The van der Waals surface area contributed by atoms with E-state index >= 15 is 0 Å². The number of halogens is 2. The van der Waals surface area contributed by atoms with Crippen LogP contribution in [0.3, 0.4) is 0 Å². The topological polar surface area (TPSA) is 73.6 Å². The standard InChI is InChI=1S/C22H35ClN8.HI/c1-3-21-28-27-18-31(21)12-10-26-22(24-4-2)25-9-6-11-29-13-15-30(16-14-29)20-8-5-7-19(23)17-20;/h5,7-8,17-18H,3-4,6,9-16H2,1-2H3,(H2,24,25,26);1H. The minimum absolute atomic E-state index is 0. The molecule has 3 rings (SSSR count). The van der Waals surface area contributed by atoms with Crippen molar-refractivity contribution in [1.82, 2.24) is 30.3 Å². The summed E-state index contributed by atoms with van der Waals surface area (Å²) in [6.45, 7) is 12.8. The highest BCUT2D eigenvalue weighted by molar-refractivity contribution is 14.0. The summed E-state index contributed by atoms with van der Waals surface area (Å²) < 4.78 is 2.08. The van der Waals surface area contributed by atoms with E-state index in [-0.39, 0.29) is 24.0 Å². The number of nitrogens with one attached hydrogen (secondary N) is 2. The van der Waals surface area contributed by atoms with Crippen LogP contribution in [0.15, 0.2) is 35.6 Å². The molecule has 32 heavy (non-hydrogen) atoms. The molecule has 178 valence electrons. The Morgan fingerprint density at radius 1 is 1.12 bits per heavy atom. The number of guanidine groups is 1. The van der Waals surface area contributed by atoms with Gasteiger partial charge < -0.3 is 20.1 Å². The molecule has 0 aliphatic carbocycles. The van der Waals surface area contributed by atoms with Gasteiger partial charge in [-0.3, -0.25) is 9.89 Å². The summed E-state index contributed by atoms with van der Waals surface area (Å²) in [5.74, 6) is 1.89. The molecule has 2 heterocycles. The van der Waals surface area contributed by atoms with Crippen LogP contribution in [-0.4, -0.2) is 78.0 Å². The fourth-order valence-electron chi connectivity index (χ4n) is 3.76. The Balaban J connectivity index is 0.00000363. The maximum atomic E-state index is 6.13. The van der Waals surface area contributed by atoms with Crippen molar-refractivity contribution < 1.29 is 0 Å². The Bertz CT molecular complexity index is 820. The van der Waals surface area contributed by atoms with E-state index in [9.17, 15) is 0 Å². The second kappa shape index (κ2) is 14.5.